The Kier molecular flexibility index (Phi) is 6.40. The molecule has 1 unspecified atom stereocenters. The van der Waals surface area contributed by atoms with Crippen molar-refractivity contribution in [3.63, 3.8) is 0 Å². The second-order valence-electron chi connectivity index (χ2n) is 8.19. The molecule has 0 saturated heterocycles. The van der Waals surface area contributed by atoms with Crippen molar-refractivity contribution >= 4 is 35.3 Å². The number of rotatable bonds is 3. The van der Waals surface area contributed by atoms with Gasteiger partial charge in [0.25, 0.3) is 0 Å². The number of benzene rings is 1. The SMILES string of the molecule is CC(c1c(Cl)ccc(F)c1Cl)N1CCN(C(=O)OC(C)(C)C)C2=C1C=C(C(=O)O)[NH2+]N2. The maximum Gasteiger partial charge on any atom is 0.416 e. The number of hydrogen-bond donors (Lipinski definition) is 3. The Morgan fingerprint density at radius 1 is 1.29 bits per heavy atom. The number of carbonyl (C=O) groups excluding carboxylic acids is 1. The number of carbonyl (C=O) groups is 2. The molecule has 3 rings (SSSR count). The molecule has 0 aromatic heterocycles. The second-order valence-corrected chi connectivity index (χ2v) is 8.97. The molecule has 2 aliphatic rings. The summed E-state index contributed by atoms with van der Waals surface area (Å²) < 4.78 is 19.6. The maximum atomic E-state index is 14.1. The highest BCUT2D eigenvalue weighted by Crippen LogP contribution is 2.38. The Morgan fingerprint density at radius 3 is 2.58 bits per heavy atom. The Morgan fingerprint density at radius 2 is 1.97 bits per heavy atom. The molecule has 0 radical (unpaired) electrons. The predicted molar refractivity (Wildman–Crippen MR) is 112 cm³/mol. The lowest BCUT2D eigenvalue weighted by Gasteiger charge is -2.42. The summed E-state index contributed by atoms with van der Waals surface area (Å²) in [5.41, 5.74) is 4.30. The average molecular weight is 474 g/mol. The topological polar surface area (TPSA) is 98.7 Å². The third-order valence-electron chi connectivity index (χ3n) is 4.87. The molecule has 1 amide bonds. The molecule has 0 saturated carbocycles. The van der Waals surface area contributed by atoms with Crippen LogP contribution in [0.5, 0.6) is 0 Å². The van der Waals surface area contributed by atoms with Gasteiger partial charge in [-0.25, -0.2) is 24.8 Å². The molecule has 8 nitrogen and oxygen atoms in total. The van der Waals surface area contributed by atoms with Gasteiger partial charge >= 0.3 is 12.1 Å². The number of halogens is 3. The average Bonchev–Trinajstić information content (AvgIpc) is 2.68. The minimum Gasteiger partial charge on any atom is -0.474 e. The van der Waals surface area contributed by atoms with Crippen LogP contribution in [0.1, 0.15) is 39.3 Å². The minimum absolute atomic E-state index is 0.00146. The highest BCUT2D eigenvalue weighted by molar-refractivity contribution is 6.36. The predicted octanol–water partition coefficient (Wildman–Crippen LogP) is 2.97. The Bertz CT molecular complexity index is 990. The van der Waals surface area contributed by atoms with Gasteiger partial charge in [0.05, 0.1) is 16.8 Å². The molecule has 1 aromatic rings. The van der Waals surface area contributed by atoms with Crippen LogP contribution in [0, 0.1) is 5.82 Å². The van der Waals surface area contributed by atoms with Gasteiger partial charge in [-0.05, 0) is 39.8 Å². The number of ether oxygens (including phenoxy) is 1. The van der Waals surface area contributed by atoms with E-state index >= 15 is 0 Å². The van der Waals surface area contributed by atoms with Crippen molar-refractivity contribution in [2.45, 2.75) is 39.3 Å². The van der Waals surface area contributed by atoms with Crippen molar-refractivity contribution in [1.29, 1.82) is 0 Å². The zero-order valence-electron chi connectivity index (χ0n) is 17.5. The molecule has 168 valence electrons. The van der Waals surface area contributed by atoms with E-state index in [1.54, 1.807) is 27.7 Å². The van der Waals surface area contributed by atoms with Crippen LogP contribution in [-0.2, 0) is 9.53 Å². The Balaban J connectivity index is 2.07. The summed E-state index contributed by atoms with van der Waals surface area (Å²) >= 11 is 12.5. The van der Waals surface area contributed by atoms with E-state index in [9.17, 15) is 19.1 Å². The van der Waals surface area contributed by atoms with Crippen molar-refractivity contribution in [2.75, 3.05) is 13.1 Å². The van der Waals surface area contributed by atoms with Crippen LogP contribution in [0.2, 0.25) is 10.0 Å². The van der Waals surface area contributed by atoms with E-state index < -0.39 is 29.5 Å². The standard InChI is InChI=1S/C20H23Cl2FN4O4/c1-10(15-11(21)5-6-12(23)16(15)22)26-7-8-27(19(30)31-20(2,3)4)17-14(26)9-13(18(28)29)24-25-17/h5-6,9-10,24-25H,7-8H2,1-4H3,(H,28,29)/p+1. The van der Waals surface area contributed by atoms with Gasteiger partial charge in [-0.15, -0.1) is 0 Å². The lowest BCUT2D eigenvalue weighted by atomic mass is 10.0. The van der Waals surface area contributed by atoms with E-state index in [2.05, 4.69) is 5.43 Å². The van der Waals surface area contributed by atoms with Crippen LogP contribution in [-0.4, -0.2) is 45.7 Å². The summed E-state index contributed by atoms with van der Waals surface area (Å²) in [4.78, 5) is 27.5. The van der Waals surface area contributed by atoms with Crippen molar-refractivity contribution in [3.05, 3.63) is 56.8 Å². The number of nitrogens with zero attached hydrogens (tertiary/aromatic N) is 2. The fourth-order valence-electron chi connectivity index (χ4n) is 3.46. The first kappa shape index (κ1) is 23.2. The van der Waals surface area contributed by atoms with Crippen LogP contribution >= 0.6 is 23.2 Å². The summed E-state index contributed by atoms with van der Waals surface area (Å²) in [6.45, 7) is 7.63. The first-order valence-electron chi connectivity index (χ1n) is 9.60. The molecule has 0 aliphatic carbocycles. The van der Waals surface area contributed by atoms with Gasteiger partial charge in [-0.2, -0.15) is 0 Å². The van der Waals surface area contributed by atoms with E-state index in [4.69, 9.17) is 27.9 Å². The normalized spacial score (nSPS) is 17.6. The van der Waals surface area contributed by atoms with Crippen LogP contribution in [0.25, 0.3) is 0 Å². The smallest absolute Gasteiger partial charge is 0.416 e. The maximum absolute atomic E-state index is 14.1. The van der Waals surface area contributed by atoms with E-state index in [1.165, 1.54) is 28.5 Å². The van der Waals surface area contributed by atoms with E-state index in [0.717, 1.165) is 0 Å². The van der Waals surface area contributed by atoms with Crippen molar-refractivity contribution in [3.8, 4) is 0 Å². The third-order valence-corrected chi connectivity index (χ3v) is 5.58. The molecular formula is C20H24Cl2FN4O4+. The lowest BCUT2D eigenvalue weighted by Crippen LogP contribution is -2.94. The number of carboxylic acids is 1. The highest BCUT2D eigenvalue weighted by atomic mass is 35.5. The van der Waals surface area contributed by atoms with Crippen LogP contribution in [0.3, 0.4) is 0 Å². The number of quaternary nitrogens is 1. The van der Waals surface area contributed by atoms with Crippen molar-refractivity contribution in [2.24, 2.45) is 0 Å². The number of hydrogen-bond acceptors (Lipinski definition) is 5. The monoisotopic (exact) mass is 473 g/mol. The summed E-state index contributed by atoms with van der Waals surface area (Å²) in [6, 6.07) is 2.10. The number of amides is 1. The van der Waals surface area contributed by atoms with Crippen LogP contribution < -0.4 is 10.9 Å². The van der Waals surface area contributed by atoms with Crippen molar-refractivity contribution < 1.29 is 29.2 Å². The first-order valence-corrected chi connectivity index (χ1v) is 10.4. The van der Waals surface area contributed by atoms with E-state index in [-0.39, 0.29) is 22.3 Å². The molecule has 2 aliphatic heterocycles. The van der Waals surface area contributed by atoms with Gasteiger partial charge in [0.1, 0.15) is 11.4 Å². The Labute approximate surface area is 189 Å². The lowest BCUT2D eigenvalue weighted by molar-refractivity contribution is -0.658. The van der Waals surface area contributed by atoms with Crippen LogP contribution in [0.4, 0.5) is 9.18 Å². The zero-order valence-corrected chi connectivity index (χ0v) is 19.0. The van der Waals surface area contributed by atoms with Gasteiger partial charge in [0.15, 0.2) is 5.82 Å². The molecule has 31 heavy (non-hydrogen) atoms. The number of nitrogens with two attached hydrogens (primary N) is 1. The quantitative estimate of drug-likeness (QED) is 0.461. The van der Waals surface area contributed by atoms with Crippen LogP contribution in [0.15, 0.2) is 35.4 Å². The van der Waals surface area contributed by atoms with E-state index in [1.807, 2.05) is 4.90 Å². The number of allylic oxidation sites excluding steroid dienone is 1. The summed E-state index contributed by atoms with van der Waals surface area (Å²) in [5.74, 6) is -1.38. The van der Waals surface area contributed by atoms with Gasteiger partial charge in [-0.3, -0.25) is 4.90 Å². The molecule has 2 heterocycles. The summed E-state index contributed by atoms with van der Waals surface area (Å²) in [7, 11) is 0. The second kappa shape index (κ2) is 8.57. The Hall–Kier alpha value is -2.49. The third kappa shape index (κ3) is 4.73. The molecule has 11 heteroatoms. The van der Waals surface area contributed by atoms with Gasteiger partial charge in [0.2, 0.25) is 5.70 Å². The molecule has 1 atom stereocenters. The molecular weight excluding hydrogens is 450 g/mol. The van der Waals surface area contributed by atoms with E-state index in [0.29, 0.717) is 23.6 Å². The molecule has 0 spiro atoms. The van der Waals surface area contributed by atoms with Crippen molar-refractivity contribution in [1.82, 2.24) is 15.2 Å². The fourth-order valence-corrected chi connectivity index (χ4v) is 4.15. The summed E-state index contributed by atoms with van der Waals surface area (Å²) in [5, 5.41) is 9.63. The fraction of sp³-hybridized carbons (Fsp3) is 0.400. The summed E-state index contributed by atoms with van der Waals surface area (Å²) in [6.07, 6.45) is 0.879. The zero-order chi connectivity index (χ0) is 23.1. The number of aliphatic carboxylic acids is 1. The molecule has 0 fully saturated rings. The largest absolute Gasteiger partial charge is 0.474 e. The number of nitrogens with one attached hydrogen (secondary N) is 1. The minimum atomic E-state index is -1.14. The highest BCUT2D eigenvalue weighted by Gasteiger charge is 2.38. The molecule has 0 bridgehead atoms. The van der Waals surface area contributed by atoms with Gasteiger partial charge in [0, 0.05) is 29.8 Å². The van der Waals surface area contributed by atoms with Gasteiger partial charge < -0.3 is 14.7 Å². The first-order chi connectivity index (χ1) is 14.4. The number of carboxylic acid groups (broad SMARTS) is 1. The molecule has 1 aromatic carbocycles. The molecule has 4 N–H and O–H groups in total. The van der Waals surface area contributed by atoms with Gasteiger partial charge in [-0.1, -0.05) is 23.2 Å².